The fourth-order valence-electron chi connectivity index (χ4n) is 4.23. The maximum absolute atomic E-state index is 14.9. The monoisotopic (exact) mass is 498 g/mol. The van der Waals surface area contributed by atoms with Gasteiger partial charge in [-0.05, 0) is 83.5 Å². The Morgan fingerprint density at radius 3 is 1.97 bits per heavy atom. The maximum Gasteiger partial charge on any atom is 0.573 e. The molecule has 35 heavy (non-hydrogen) atoms. The Morgan fingerprint density at radius 2 is 1.40 bits per heavy atom. The van der Waals surface area contributed by atoms with Gasteiger partial charge in [0.25, 0.3) is 0 Å². The van der Waals surface area contributed by atoms with Gasteiger partial charge in [0.15, 0.2) is 11.6 Å². The van der Waals surface area contributed by atoms with Gasteiger partial charge in [-0.2, -0.15) is 0 Å². The number of allylic oxidation sites excluding steroid dienone is 2. The Hall–Kier alpha value is -3.36. The summed E-state index contributed by atoms with van der Waals surface area (Å²) in [5.41, 5.74) is 1.09. The summed E-state index contributed by atoms with van der Waals surface area (Å²) in [6.07, 6.45) is -2.29. The van der Waals surface area contributed by atoms with E-state index in [4.69, 9.17) is 0 Å². The van der Waals surface area contributed by atoms with Crippen molar-refractivity contribution in [3.05, 3.63) is 93.8 Å². The lowest BCUT2D eigenvalue weighted by atomic mass is 9.85. The molecule has 4 rings (SSSR count). The van der Waals surface area contributed by atoms with Gasteiger partial charge in [0.05, 0.1) is 0 Å². The van der Waals surface area contributed by atoms with Crippen LogP contribution in [-0.4, -0.2) is 6.36 Å². The molecule has 1 aliphatic carbocycles. The summed E-state index contributed by atoms with van der Waals surface area (Å²) >= 11 is 0. The van der Waals surface area contributed by atoms with E-state index in [9.17, 15) is 35.1 Å². The number of hydrogen-bond acceptors (Lipinski definition) is 1. The van der Waals surface area contributed by atoms with Crippen molar-refractivity contribution in [2.24, 2.45) is 0 Å². The highest BCUT2D eigenvalue weighted by Gasteiger charge is 2.34. The summed E-state index contributed by atoms with van der Waals surface area (Å²) in [4.78, 5) is 0. The zero-order valence-electron chi connectivity index (χ0n) is 18.3. The number of hydrogen-bond donors (Lipinski definition) is 0. The van der Waals surface area contributed by atoms with Crippen molar-refractivity contribution in [2.75, 3.05) is 0 Å². The Labute approximate surface area is 195 Å². The number of ether oxygens (including phenoxy) is 1. The minimum absolute atomic E-state index is 0.0224. The van der Waals surface area contributed by atoms with Crippen LogP contribution in [0, 0.1) is 29.1 Å². The van der Waals surface area contributed by atoms with Gasteiger partial charge < -0.3 is 4.74 Å². The van der Waals surface area contributed by atoms with Crippen LogP contribution >= 0.6 is 0 Å². The Balaban J connectivity index is 1.66. The lowest BCUT2D eigenvalue weighted by Crippen LogP contribution is -2.19. The number of halogens is 8. The standard InChI is InChI=1S/C26H18F8O/c1-2-3-13-6-20(28)24(21(29)7-13)15-5-4-14-9-18(19(27)10-16(14)8-15)17-11-22(30)25(23(31)12-17)35-26(32,33)34/h5-7,9-12H,2-4,8H2,1H3. The summed E-state index contributed by atoms with van der Waals surface area (Å²) in [5.74, 6) is -7.25. The van der Waals surface area contributed by atoms with Crippen molar-refractivity contribution in [2.45, 2.75) is 39.0 Å². The summed E-state index contributed by atoms with van der Waals surface area (Å²) in [6, 6.07) is 6.04. The SMILES string of the molecule is CCCc1cc(F)c(C2=CCc3cc(-c4cc(F)c(OC(F)(F)F)c(F)c4)c(F)cc3C2)c(F)c1. The second kappa shape index (κ2) is 9.36. The maximum atomic E-state index is 14.9. The Morgan fingerprint density at radius 1 is 0.771 bits per heavy atom. The quantitative estimate of drug-likeness (QED) is 0.323. The number of rotatable bonds is 5. The largest absolute Gasteiger partial charge is 0.573 e. The molecule has 184 valence electrons. The van der Waals surface area contributed by atoms with Gasteiger partial charge in [-0.15, -0.1) is 13.2 Å². The molecular formula is C26H18F8O. The lowest BCUT2D eigenvalue weighted by Gasteiger charge is -2.20. The fraction of sp³-hybridized carbons (Fsp3) is 0.231. The smallest absolute Gasteiger partial charge is 0.399 e. The molecule has 0 aliphatic heterocycles. The van der Waals surface area contributed by atoms with Crippen molar-refractivity contribution < 1.29 is 39.9 Å². The Kier molecular flexibility index (Phi) is 6.62. The third-order valence-electron chi connectivity index (χ3n) is 5.73. The third-order valence-corrected chi connectivity index (χ3v) is 5.73. The molecule has 0 saturated heterocycles. The van der Waals surface area contributed by atoms with E-state index in [0.29, 0.717) is 40.8 Å². The molecule has 3 aromatic carbocycles. The van der Waals surface area contributed by atoms with Gasteiger partial charge >= 0.3 is 6.36 Å². The van der Waals surface area contributed by atoms with Crippen molar-refractivity contribution in [3.63, 3.8) is 0 Å². The molecular weight excluding hydrogens is 480 g/mol. The van der Waals surface area contributed by atoms with E-state index in [1.807, 2.05) is 6.92 Å². The first-order valence-electron chi connectivity index (χ1n) is 10.7. The number of aryl methyl sites for hydroxylation is 1. The second-order valence-corrected chi connectivity index (χ2v) is 8.21. The van der Waals surface area contributed by atoms with Gasteiger partial charge in [-0.3, -0.25) is 0 Å². The Bertz CT molecular complexity index is 1280. The van der Waals surface area contributed by atoms with Crippen LogP contribution in [0.1, 0.15) is 35.6 Å². The third kappa shape index (κ3) is 5.18. The van der Waals surface area contributed by atoms with E-state index < -0.39 is 41.2 Å². The van der Waals surface area contributed by atoms with Gasteiger partial charge in [0.1, 0.15) is 17.5 Å². The van der Waals surface area contributed by atoms with Gasteiger partial charge in [0.2, 0.25) is 5.75 Å². The highest BCUT2D eigenvalue weighted by atomic mass is 19.4. The first-order valence-corrected chi connectivity index (χ1v) is 10.7. The number of fused-ring (bicyclic) bond motifs is 1. The van der Waals surface area contributed by atoms with Crippen LogP contribution in [-0.2, 0) is 19.3 Å². The molecule has 9 heteroatoms. The van der Waals surface area contributed by atoms with Gasteiger partial charge in [-0.25, -0.2) is 22.0 Å². The highest BCUT2D eigenvalue weighted by molar-refractivity contribution is 5.74. The summed E-state index contributed by atoms with van der Waals surface area (Å²) in [5, 5.41) is 0. The zero-order valence-corrected chi connectivity index (χ0v) is 18.3. The molecule has 0 aromatic heterocycles. The molecule has 0 bridgehead atoms. The van der Waals surface area contributed by atoms with Crippen molar-refractivity contribution in [1.29, 1.82) is 0 Å². The fourth-order valence-corrected chi connectivity index (χ4v) is 4.23. The average Bonchev–Trinajstić information content (AvgIpc) is 2.74. The van der Waals surface area contributed by atoms with E-state index in [-0.39, 0.29) is 29.5 Å². The molecule has 1 nitrogen and oxygen atoms in total. The normalized spacial score (nSPS) is 13.5. The van der Waals surface area contributed by atoms with E-state index in [0.717, 1.165) is 12.5 Å². The molecule has 0 heterocycles. The minimum Gasteiger partial charge on any atom is -0.399 e. The second-order valence-electron chi connectivity index (χ2n) is 8.21. The van der Waals surface area contributed by atoms with Crippen LogP contribution in [0.4, 0.5) is 35.1 Å². The van der Waals surface area contributed by atoms with E-state index in [1.165, 1.54) is 18.2 Å². The summed E-state index contributed by atoms with van der Waals surface area (Å²) < 4.78 is 113. The van der Waals surface area contributed by atoms with Crippen LogP contribution < -0.4 is 4.74 Å². The van der Waals surface area contributed by atoms with Gasteiger partial charge in [0, 0.05) is 11.1 Å². The molecule has 0 spiro atoms. The van der Waals surface area contributed by atoms with Crippen LogP contribution in [0.2, 0.25) is 0 Å². The van der Waals surface area contributed by atoms with Crippen molar-refractivity contribution >= 4 is 5.57 Å². The molecule has 0 radical (unpaired) electrons. The minimum atomic E-state index is -5.31. The van der Waals surface area contributed by atoms with Crippen LogP contribution in [0.3, 0.4) is 0 Å². The van der Waals surface area contributed by atoms with Crippen molar-refractivity contribution in [3.8, 4) is 16.9 Å². The average molecular weight is 498 g/mol. The molecule has 0 amide bonds. The molecule has 1 aliphatic rings. The van der Waals surface area contributed by atoms with Crippen LogP contribution in [0.15, 0.2) is 42.5 Å². The lowest BCUT2D eigenvalue weighted by molar-refractivity contribution is -0.276. The van der Waals surface area contributed by atoms with E-state index >= 15 is 0 Å². The van der Waals surface area contributed by atoms with E-state index in [2.05, 4.69) is 4.74 Å². The summed E-state index contributed by atoms with van der Waals surface area (Å²) in [6.45, 7) is 1.89. The molecule has 0 atom stereocenters. The predicted octanol–water partition coefficient (Wildman–Crippen LogP) is 8.08. The van der Waals surface area contributed by atoms with Crippen molar-refractivity contribution in [1.82, 2.24) is 0 Å². The van der Waals surface area contributed by atoms with Gasteiger partial charge in [-0.1, -0.05) is 19.4 Å². The molecule has 0 N–H and O–H groups in total. The zero-order chi connectivity index (χ0) is 25.5. The molecule has 0 unspecified atom stereocenters. The number of alkyl halides is 3. The number of benzene rings is 3. The van der Waals surface area contributed by atoms with Crippen LogP contribution in [0.25, 0.3) is 16.7 Å². The first-order chi connectivity index (χ1) is 16.5. The molecule has 3 aromatic rings. The predicted molar refractivity (Wildman–Crippen MR) is 114 cm³/mol. The highest BCUT2D eigenvalue weighted by Crippen LogP contribution is 2.37. The van der Waals surface area contributed by atoms with Crippen LogP contribution in [0.5, 0.6) is 5.75 Å². The topological polar surface area (TPSA) is 9.23 Å². The molecule has 0 fully saturated rings. The summed E-state index contributed by atoms with van der Waals surface area (Å²) in [7, 11) is 0. The first kappa shape index (κ1) is 24.8. The molecule has 0 saturated carbocycles. The van der Waals surface area contributed by atoms with E-state index in [1.54, 1.807) is 6.08 Å².